The highest BCUT2D eigenvalue weighted by atomic mass is 19.2. The molecule has 2 aromatic rings. The normalized spacial score (nSPS) is 12.0. The predicted octanol–water partition coefficient (Wildman–Crippen LogP) is 5.14. The minimum Gasteiger partial charge on any atom is -0.507 e. The Bertz CT molecular complexity index is 859. The lowest BCUT2D eigenvalue weighted by atomic mass is 9.85. The standard InChI is InChI=1S/C18H16F5NO2/c1-18(2,3)10-6-9(26-4)5-8(17(10)25)7-24-16-14(22)12(20)11(19)13(21)15(16)23/h5-7,25H,1-4H3. The van der Waals surface area contributed by atoms with Crippen LogP contribution in [0.2, 0.25) is 0 Å². The molecule has 0 aliphatic carbocycles. The van der Waals surface area contributed by atoms with E-state index < -0.39 is 40.2 Å². The number of phenols is 1. The quantitative estimate of drug-likeness (QED) is 0.350. The van der Waals surface area contributed by atoms with E-state index in [1.165, 1.54) is 13.2 Å². The van der Waals surface area contributed by atoms with E-state index in [2.05, 4.69) is 4.99 Å². The topological polar surface area (TPSA) is 41.8 Å². The van der Waals surface area contributed by atoms with Gasteiger partial charge >= 0.3 is 0 Å². The Morgan fingerprint density at radius 1 is 0.923 bits per heavy atom. The van der Waals surface area contributed by atoms with Crippen LogP contribution in [0.1, 0.15) is 31.9 Å². The van der Waals surface area contributed by atoms with E-state index in [1.807, 2.05) is 20.8 Å². The number of ether oxygens (including phenoxy) is 1. The van der Waals surface area contributed by atoms with Crippen LogP contribution in [0.3, 0.4) is 0 Å². The number of phenolic OH excluding ortho intramolecular Hbond substituents is 1. The van der Waals surface area contributed by atoms with Crippen molar-refractivity contribution in [3.05, 3.63) is 52.3 Å². The summed E-state index contributed by atoms with van der Waals surface area (Å²) in [5.41, 5.74) is -1.40. The highest BCUT2D eigenvalue weighted by Crippen LogP contribution is 2.36. The van der Waals surface area contributed by atoms with Gasteiger partial charge in [0.1, 0.15) is 17.2 Å². The van der Waals surface area contributed by atoms with E-state index in [0.717, 1.165) is 6.21 Å². The number of aliphatic imine (C=N–C) groups is 1. The highest BCUT2D eigenvalue weighted by molar-refractivity contribution is 5.87. The largest absolute Gasteiger partial charge is 0.507 e. The van der Waals surface area contributed by atoms with Crippen molar-refractivity contribution >= 4 is 11.9 Å². The number of hydrogen-bond donors (Lipinski definition) is 1. The Balaban J connectivity index is 2.63. The molecule has 0 radical (unpaired) electrons. The number of rotatable bonds is 3. The molecule has 0 spiro atoms. The summed E-state index contributed by atoms with van der Waals surface area (Å²) >= 11 is 0. The number of hydrogen-bond acceptors (Lipinski definition) is 3. The van der Waals surface area contributed by atoms with Crippen molar-refractivity contribution in [1.82, 2.24) is 0 Å². The number of benzene rings is 2. The maximum Gasteiger partial charge on any atom is 0.200 e. The second-order valence-electron chi connectivity index (χ2n) is 6.54. The van der Waals surface area contributed by atoms with E-state index in [4.69, 9.17) is 4.74 Å². The Morgan fingerprint density at radius 3 is 1.88 bits per heavy atom. The van der Waals surface area contributed by atoms with Gasteiger partial charge in [0.2, 0.25) is 5.82 Å². The monoisotopic (exact) mass is 373 g/mol. The third kappa shape index (κ3) is 3.49. The van der Waals surface area contributed by atoms with Crippen LogP contribution < -0.4 is 4.74 Å². The first-order chi connectivity index (χ1) is 12.0. The maximum absolute atomic E-state index is 13.7. The summed E-state index contributed by atoms with van der Waals surface area (Å²) in [6.45, 7) is 5.44. The van der Waals surface area contributed by atoms with Crippen molar-refractivity contribution in [3.8, 4) is 11.5 Å². The molecule has 0 saturated heterocycles. The summed E-state index contributed by atoms with van der Waals surface area (Å²) in [6.07, 6.45) is 0.811. The average Bonchev–Trinajstić information content (AvgIpc) is 2.58. The molecule has 0 atom stereocenters. The molecule has 0 fully saturated rings. The lowest BCUT2D eigenvalue weighted by Crippen LogP contribution is -2.12. The summed E-state index contributed by atoms with van der Waals surface area (Å²) < 4.78 is 72.1. The van der Waals surface area contributed by atoms with E-state index in [9.17, 15) is 27.1 Å². The molecule has 0 aliphatic rings. The van der Waals surface area contributed by atoms with Crippen molar-refractivity contribution in [2.75, 3.05) is 7.11 Å². The zero-order chi connectivity index (χ0) is 19.8. The fourth-order valence-electron chi connectivity index (χ4n) is 2.26. The number of halogens is 5. The maximum atomic E-state index is 13.7. The molecule has 140 valence electrons. The Kier molecular flexibility index (Phi) is 5.25. The van der Waals surface area contributed by atoms with Gasteiger partial charge in [-0.2, -0.15) is 0 Å². The Labute approximate surface area is 146 Å². The van der Waals surface area contributed by atoms with Crippen LogP contribution in [0.4, 0.5) is 27.6 Å². The molecule has 2 rings (SSSR count). The van der Waals surface area contributed by atoms with E-state index in [-0.39, 0.29) is 11.3 Å². The van der Waals surface area contributed by atoms with Gasteiger partial charge in [0.25, 0.3) is 0 Å². The minimum absolute atomic E-state index is 0.00165. The predicted molar refractivity (Wildman–Crippen MR) is 86.8 cm³/mol. The summed E-state index contributed by atoms with van der Waals surface area (Å²) in [5, 5.41) is 10.4. The SMILES string of the molecule is COc1cc(C=Nc2c(F)c(F)c(F)c(F)c2F)c(O)c(C(C)(C)C)c1. The minimum atomic E-state index is -2.27. The van der Waals surface area contributed by atoms with E-state index >= 15 is 0 Å². The van der Waals surface area contributed by atoms with Crippen LogP contribution in [0.15, 0.2) is 17.1 Å². The van der Waals surface area contributed by atoms with Crippen molar-refractivity contribution in [2.45, 2.75) is 26.2 Å². The molecule has 8 heteroatoms. The van der Waals surface area contributed by atoms with Gasteiger partial charge < -0.3 is 9.84 Å². The third-order valence-electron chi connectivity index (χ3n) is 3.68. The second kappa shape index (κ2) is 6.93. The summed E-state index contributed by atoms with van der Waals surface area (Å²) in [7, 11) is 1.38. The van der Waals surface area contributed by atoms with Crippen LogP contribution in [-0.2, 0) is 5.41 Å². The smallest absolute Gasteiger partial charge is 0.200 e. The van der Waals surface area contributed by atoms with Gasteiger partial charge in [-0.3, -0.25) is 0 Å². The first-order valence-electron chi connectivity index (χ1n) is 7.46. The summed E-state index contributed by atoms with van der Waals surface area (Å²) in [6, 6.07) is 2.89. The molecule has 0 amide bonds. The molecule has 0 saturated carbocycles. The zero-order valence-corrected chi connectivity index (χ0v) is 14.4. The van der Waals surface area contributed by atoms with Crippen LogP contribution in [0.5, 0.6) is 11.5 Å². The fraction of sp³-hybridized carbons (Fsp3) is 0.278. The van der Waals surface area contributed by atoms with Crippen LogP contribution in [0, 0.1) is 29.1 Å². The van der Waals surface area contributed by atoms with Gasteiger partial charge in [-0.05, 0) is 17.5 Å². The van der Waals surface area contributed by atoms with Gasteiger partial charge in [0.15, 0.2) is 23.3 Å². The lowest BCUT2D eigenvalue weighted by Gasteiger charge is -2.22. The van der Waals surface area contributed by atoms with Gasteiger partial charge in [-0.25, -0.2) is 26.9 Å². The molecule has 0 unspecified atom stereocenters. The van der Waals surface area contributed by atoms with Crippen LogP contribution >= 0.6 is 0 Å². The fourth-order valence-corrected chi connectivity index (χ4v) is 2.26. The molecule has 26 heavy (non-hydrogen) atoms. The molecular weight excluding hydrogens is 357 g/mol. The number of aromatic hydroxyl groups is 1. The molecule has 0 aliphatic heterocycles. The van der Waals surface area contributed by atoms with Crippen molar-refractivity contribution in [2.24, 2.45) is 4.99 Å². The first kappa shape index (κ1) is 19.7. The molecule has 3 nitrogen and oxygen atoms in total. The zero-order valence-electron chi connectivity index (χ0n) is 14.4. The molecule has 2 aromatic carbocycles. The number of methoxy groups -OCH3 is 1. The van der Waals surface area contributed by atoms with Crippen molar-refractivity contribution in [3.63, 3.8) is 0 Å². The third-order valence-corrected chi connectivity index (χ3v) is 3.68. The molecular formula is C18H16F5NO2. The first-order valence-corrected chi connectivity index (χ1v) is 7.46. The van der Waals surface area contributed by atoms with E-state index in [1.54, 1.807) is 6.07 Å². The van der Waals surface area contributed by atoms with Gasteiger partial charge in [0, 0.05) is 17.3 Å². The van der Waals surface area contributed by atoms with Gasteiger partial charge in [-0.15, -0.1) is 0 Å². The highest BCUT2D eigenvalue weighted by Gasteiger charge is 2.26. The van der Waals surface area contributed by atoms with Crippen LogP contribution in [0.25, 0.3) is 0 Å². The Morgan fingerprint density at radius 2 is 1.42 bits per heavy atom. The lowest BCUT2D eigenvalue weighted by molar-refractivity contribution is 0.381. The van der Waals surface area contributed by atoms with Crippen LogP contribution in [-0.4, -0.2) is 18.4 Å². The Hall–Kier alpha value is -2.64. The number of nitrogens with zero attached hydrogens (tertiary/aromatic N) is 1. The second-order valence-corrected chi connectivity index (χ2v) is 6.54. The molecule has 0 bridgehead atoms. The van der Waals surface area contributed by atoms with Gasteiger partial charge in [0.05, 0.1) is 7.11 Å². The summed E-state index contributed by atoms with van der Waals surface area (Å²) in [5.74, 6) is -10.5. The van der Waals surface area contributed by atoms with Gasteiger partial charge in [-0.1, -0.05) is 20.8 Å². The van der Waals surface area contributed by atoms with Crippen molar-refractivity contribution < 1.29 is 31.8 Å². The van der Waals surface area contributed by atoms with E-state index in [0.29, 0.717) is 11.3 Å². The molecule has 0 heterocycles. The summed E-state index contributed by atoms with van der Waals surface area (Å²) in [4.78, 5) is 3.36. The molecule has 1 N–H and O–H groups in total. The van der Waals surface area contributed by atoms with Crippen molar-refractivity contribution in [1.29, 1.82) is 0 Å². The average molecular weight is 373 g/mol. The molecule has 0 aromatic heterocycles.